The molecule has 0 spiro atoms. The second-order valence-corrected chi connectivity index (χ2v) is 6.23. The van der Waals surface area contributed by atoms with E-state index in [1.807, 2.05) is 0 Å². The molecule has 4 heteroatoms. The van der Waals surface area contributed by atoms with Crippen LogP contribution in [0.25, 0.3) is 0 Å². The molecule has 1 fully saturated rings. The van der Waals surface area contributed by atoms with Crippen molar-refractivity contribution in [2.75, 3.05) is 53.9 Å². The molecule has 118 valence electrons. The van der Waals surface area contributed by atoms with E-state index < -0.39 is 0 Å². The Morgan fingerprint density at radius 2 is 1.90 bits per heavy atom. The number of rotatable bonds is 5. The summed E-state index contributed by atoms with van der Waals surface area (Å²) in [7, 11) is 6.09. The number of nitrogens with zero attached hydrogens (tertiary/aromatic N) is 2. The standard InChI is InChI=1S/C17H29N3O/c1-13-10-14(2)17(21-5)15(11-13)16(19(3)4)12-20-8-6-18-7-9-20/h10-11,16,18H,6-9,12H2,1-5H3. The topological polar surface area (TPSA) is 27.7 Å². The van der Waals surface area contributed by atoms with Crippen molar-refractivity contribution >= 4 is 0 Å². The first-order chi connectivity index (χ1) is 10.0. The molecule has 1 aliphatic heterocycles. The second-order valence-electron chi connectivity index (χ2n) is 6.23. The number of likely N-dealkylation sites (N-methyl/N-ethyl adjacent to an activating group) is 1. The third kappa shape index (κ3) is 3.96. The number of piperazine rings is 1. The molecule has 1 heterocycles. The molecular weight excluding hydrogens is 262 g/mol. The number of benzene rings is 1. The highest BCUT2D eigenvalue weighted by molar-refractivity contribution is 5.45. The molecule has 0 saturated carbocycles. The second kappa shape index (κ2) is 7.25. The first kappa shape index (κ1) is 16.3. The largest absolute Gasteiger partial charge is 0.496 e. The molecule has 1 saturated heterocycles. The van der Waals surface area contributed by atoms with Gasteiger partial charge in [0.15, 0.2) is 0 Å². The van der Waals surface area contributed by atoms with Crippen LogP contribution in [0.3, 0.4) is 0 Å². The summed E-state index contributed by atoms with van der Waals surface area (Å²) < 4.78 is 5.69. The van der Waals surface area contributed by atoms with Gasteiger partial charge in [-0.3, -0.25) is 4.90 Å². The number of hydrogen-bond donors (Lipinski definition) is 1. The minimum atomic E-state index is 0.358. The van der Waals surface area contributed by atoms with Crippen molar-refractivity contribution in [3.8, 4) is 5.75 Å². The molecule has 0 amide bonds. The van der Waals surface area contributed by atoms with E-state index >= 15 is 0 Å². The monoisotopic (exact) mass is 291 g/mol. The Labute approximate surface area is 129 Å². The van der Waals surface area contributed by atoms with E-state index in [-0.39, 0.29) is 0 Å². The quantitative estimate of drug-likeness (QED) is 0.895. The summed E-state index contributed by atoms with van der Waals surface area (Å²) in [6.45, 7) is 9.76. The van der Waals surface area contributed by atoms with E-state index in [4.69, 9.17) is 4.74 Å². The van der Waals surface area contributed by atoms with Crippen LogP contribution in [0.1, 0.15) is 22.7 Å². The van der Waals surface area contributed by atoms with Crippen molar-refractivity contribution in [1.82, 2.24) is 15.1 Å². The highest BCUT2D eigenvalue weighted by Crippen LogP contribution is 2.33. The number of nitrogens with one attached hydrogen (secondary N) is 1. The summed E-state index contributed by atoms with van der Waals surface area (Å²) >= 11 is 0. The average molecular weight is 291 g/mol. The summed E-state index contributed by atoms with van der Waals surface area (Å²) in [6, 6.07) is 4.83. The van der Waals surface area contributed by atoms with Gasteiger partial charge in [-0.25, -0.2) is 0 Å². The third-order valence-electron chi connectivity index (χ3n) is 4.27. The molecule has 0 aliphatic carbocycles. The Kier molecular flexibility index (Phi) is 5.62. The molecular formula is C17H29N3O. The molecule has 2 rings (SSSR count). The summed E-state index contributed by atoms with van der Waals surface area (Å²) in [5, 5.41) is 3.42. The van der Waals surface area contributed by atoms with Gasteiger partial charge in [-0.2, -0.15) is 0 Å². The Morgan fingerprint density at radius 3 is 2.48 bits per heavy atom. The summed E-state index contributed by atoms with van der Waals surface area (Å²) in [4.78, 5) is 4.84. The fourth-order valence-corrected chi connectivity index (χ4v) is 3.19. The van der Waals surface area contributed by atoms with Gasteiger partial charge in [0.2, 0.25) is 0 Å². The fraction of sp³-hybridized carbons (Fsp3) is 0.647. The number of hydrogen-bond acceptors (Lipinski definition) is 4. The SMILES string of the molecule is COc1c(C)cc(C)cc1C(CN1CCNCC1)N(C)C. The molecule has 4 nitrogen and oxygen atoms in total. The van der Waals surface area contributed by atoms with Crippen LogP contribution in [0.15, 0.2) is 12.1 Å². The lowest BCUT2D eigenvalue weighted by molar-refractivity contribution is 0.166. The molecule has 1 aliphatic rings. The van der Waals surface area contributed by atoms with Crippen molar-refractivity contribution in [1.29, 1.82) is 0 Å². The molecule has 0 aromatic heterocycles. The lowest BCUT2D eigenvalue weighted by Gasteiger charge is -2.35. The Bertz CT molecular complexity index is 467. The van der Waals surface area contributed by atoms with Gasteiger partial charge in [0, 0.05) is 38.3 Å². The molecule has 1 aromatic rings. The summed E-state index contributed by atoms with van der Waals surface area (Å²) in [5.41, 5.74) is 3.83. The van der Waals surface area contributed by atoms with Crippen molar-refractivity contribution in [2.24, 2.45) is 0 Å². The zero-order chi connectivity index (χ0) is 15.4. The maximum atomic E-state index is 5.69. The van der Waals surface area contributed by atoms with Gasteiger partial charge in [-0.15, -0.1) is 0 Å². The highest BCUT2D eigenvalue weighted by Gasteiger charge is 2.23. The van der Waals surface area contributed by atoms with Gasteiger partial charge in [-0.1, -0.05) is 17.7 Å². The minimum Gasteiger partial charge on any atom is -0.496 e. The van der Waals surface area contributed by atoms with Crippen LogP contribution in [-0.4, -0.2) is 63.7 Å². The minimum absolute atomic E-state index is 0.358. The van der Waals surface area contributed by atoms with E-state index in [0.29, 0.717) is 6.04 Å². The van der Waals surface area contributed by atoms with Gasteiger partial charge < -0.3 is 15.0 Å². The van der Waals surface area contributed by atoms with Gasteiger partial charge in [0.25, 0.3) is 0 Å². The fourth-order valence-electron chi connectivity index (χ4n) is 3.19. The Hall–Kier alpha value is -1.10. The van der Waals surface area contributed by atoms with E-state index in [1.54, 1.807) is 7.11 Å². The van der Waals surface area contributed by atoms with Crippen LogP contribution in [0, 0.1) is 13.8 Å². The van der Waals surface area contributed by atoms with Crippen molar-refractivity contribution in [3.05, 3.63) is 28.8 Å². The van der Waals surface area contributed by atoms with E-state index in [1.165, 1.54) is 16.7 Å². The van der Waals surface area contributed by atoms with Crippen LogP contribution in [-0.2, 0) is 0 Å². The lowest BCUT2D eigenvalue weighted by Crippen LogP contribution is -2.46. The molecule has 21 heavy (non-hydrogen) atoms. The molecule has 1 atom stereocenters. The van der Waals surface area contributed by atoms with Gasteiger partial charge >= 0.3 is 0 Å². The zero-order valence-electron chi connectivity index (χ0n) is 14.1. The molecule has 0 bridgehead atoms. The zero-order valence-corrected chi connectivity index (χ0v) is 14.1. The molecule has 1 aromatic carbocycles. The van der Waals surface area contributed by atoms with Crippen LogP contribution in [0.5, 0.6) is 5.75 Å². The number of methoxy groups -OCH3 is 1. The maximum Gasteiger partial charge on any atom is 0.126 e. The normalized spacial score (nSPS) is 18.0. The first-order valence-corrected chi connectivity index (χ1v) is 7.77. The lowest BCUT2D eigenvalue weighted by atomic mass is 9.98. The van der Waals surface area contributed by atoms with Crippen LogP contribution < -0.4 is 10.1 Å². The van der Waals surface area contributed by atoms with E-state index in [9.17, 15) is 0 Å². The van der Waals surface area contributed by atoms with Crippen LogP contribution in [0.4, 0.5) is 0 Å². The number of ether oxygens (including phenoxy) is 1. The third-order valence-corrected chi connectivity index (χ3v) is 4.27. The van der Waals surface area contributed by atoms with Crippen molar-refractivity contribution in [3.63, 3.8) is 0 Å². The van der Waals surface area contributed by atoms with E-state index in [2.05, 4.69) is 55.2 Å². The van der Waals surface area contributed by atoms with Gasteiger partial charge in [-0.05, 0) is 33.5 Å². The number of aryl methyl sites for hydroxylation is 2. The Balaban J connectivity index is 2.28. The van der Waals surface area contributed by atoms with Gasteiger partial charge in [0.05, 0.1) is 13.2 Å². The predicted octanol–water partition coefficient (Wildman–Crippen LogP) is 1.82. The average Bonchev–Trinajstić information content (AvgIpc) is 2.45. The molecule has 0 radical (unpaired) electrons. The summed E-state index contributed by atoms with van der Waals surface area (Å²) in [5.74, 6) is 1.04. The summed E-state index contributed by atoms with van der Waals surface area (Å²) in [6.07, 6.45) is 0. The Morgan fingerprint density at radius 1 is 1.24 bits per heavy atom. The highest BCUT2D eigenvalue weighted by atomic mass is 16.5. The maximum absolute atomic E-state index is 5.69. The van der Waals surface area contributed by atoms with Crippen LogP contribution in [0.2, 0.25) is 0 Å². The molecule has 1 unspecified atom stereocenters. The van der Waals surface area contributed by atoms with Gasteiger partial charge in [0.1, 0.15) is 5.75 Å². The van der Waals surface area contributed by atoms with E-state index in [0.717, 1.165) is 38.5 Å². The van der Waals surface area contributed by atoms with Crippen molar-refractivity contribution < 1.29 is 4.74 Å². The van der Waals surface area contributed by atoms with Crippen LogP contribution >= 0.6 is 0 Å². The first-order valence-electron chi connectivity index (χ1n) is 7.77. The van der Waals surface area contributed by atoms with Crippen molar-refractivity contribution in [2.45, 2.75) is 19.9 Å². The molecule has 1 N–H and O–H groups in total. The predicted molar refractivity (Wildman–Crippen MR) is 88.2 cm³/mol. The smallest absolute Gasteiger partial charge is 0.126 e.